The van der Waals surface area contributed by atoms with Gasteiger partial charge in [0.1, 0.15) is 0 Å². The van der Waals surface area contributed by atoms with E-state index in [0.717, 1.165) is 18.4 Å². The highest BCUT2D eigenvalue weighted by Gasteiger charge is 2.20. The van der Waals surface area contributed by atoms with Crippen molar-refractivity contribution in [3.05, 3.63) is 33.8 Å². The number of hydrogen-bond acceptors (Lipinski definition) is 2. The lowest BCUT2D eigenvalue weighted by atomic mass is 9.94. The van der Waals surface area contributed by atoms with Crippen LogP contribution in [-0.2, 0) is 6.54 Å². The third kappa shape index (κ3) is 4.84. The first-order valence-corrected chi connectivity index (χ1v) is 6.55. The summed E-state index contributed by atoms with van der Waals surface area (Å²) >= 11 is 11.9. The average molecular weight is 276 g/mol. The number of benzene rings is 1. The number of rotatable bonds is 6. The number of halogens is 2. The van der Waals surface area contributed by atoms with E-state index in [1.807, 2.05) is 12.1 Å². The van der Waals surface area contributed by atoms with Crippen molar-refractivity contribution < 1.29 is 5.11 Å². The molecule has 4 heteroatoms. The summed E-state index contributed by atoms with van der Waals surface area (Å²) < 4.78 is 0. The van der Waals surface area contributed by atoms with E-state index < -0.39 is 0 Å². The van der Waals surface area contributed by atoms with Crippen molar-refractivity contribution >= 4 is 23.2 Å². The van der Waals surface area contributed by atoms with Gasteiger partial charge in [-0.2, -0.15) is 0 Å². The molecule has 0 amide bonds. The Morgan fingerprint density at radius 1 is 1.24 bits per heavy atom. The van der Waals surface area contributed by atoms with Crippen molar-refractivity contribution in [2.75, 3.05) is 6.61 Å². The minimum absolute atomic E-state index is 0.0520. The Balaban J connectivity index is 2.65. The zero-order chi connectivity index (χ0) is 12.9. The molecular weight excluding hydrogens is 257 g/mol. The fourth-order valence-corrected chi connectivity index (χ4v) is 2.24. The van der Waals surface area contributed by atoms with E-state index in [4.69, 9.17) is 28.3 Å². The Bertz CT molecular complexity index is 350. The molecule has 0 radical (unpaired) electrons. The van der Waals surface area contributed by atoms with E-state index in [9.17, 15) is 0 Å². The van der Waals surface area contributed by atoms with E-state index in [-0.39, 0.29) is 12.1 Å². The van der Waals surface area contributed by atoms with Crippen LogP contribution in [0.1, 0.15) is 32.3 Å². The van der Waals surface area contributed by atoms with Gasteiger partial charge < -0.3 is 10.4 Å². The summed E-state index contributed by atoms with van der Waals surface area (Å²) in [4.78, 5) is 0. The lowest BCUT2D eigenvalue weighted by Crippen LogP contribution is -2.42. The van der Waals surface area contributed by atoms with Gasteiger partial charge in [-0.05, 0) is 43.5 Å². The molecule has 1 rings (SSSR count). The molecule has 0 fully saturated rings. The molecule has 0 aromatic heterocycles. The molecule has 0 heterocycles. The molecule has 17 heavy (non-hydrogen) atoms. The highest BCUT2D eigenvalue weighted by molar-refractivity contribution is 6.34. The molecule has 1 aromatic carbocycles. The third-order valence-electron chi connectivity index (χ3n) is 3.09. The van der Waals surface area contributed by atoms with E-state index in [1.165, 1.54) is 0 Å². The number of aliphatic hydroxyl groups excluding tert-OH is 1. The van der Waals surface area contributed by atoms with E-state index in [0.29, 0.717) is 16.6 Å². The highest BCUT2D eigenvalue weighted by atomic mass is 35.5. The SMILES string of the molecule is CCC(C)(CCO)NCc1cc(Cl)cc(Cl)c1. The van der Waals surface area contributed by atoms with Crippen molar-refractivity contribution in [3.8, 4) is 0 Å². The summed E-state index contributed by atoms with van der Waals surface area (Å²) in [7, 11) is 0. The molecule has 1 aromatic rings. The smallest absolute Gasteiger partial charge is 0.0448 e. The van der Waals surface area contributed by atoms with Crippen molar-refractivity contribution in [1.29, 1.82) is 0 Å². The standard InChI is InChI=1S/C13H19Cl2NO/c1-3-13(2,4-5-17)16-9-10-6-11(14)8-12(15)7-10/h6-8,16-17H,3-5,9H2,1-2H3. The predicted octanol–water partition coefficient (Wildman–Crippen LogP) is 3.63. The summed E-state index contributed by atoms with van der Waals surface area (Å²) in [6.07, 6.45) is 1.69. The van der Waals surface area contributed by atoms with Gasteiger partial charge in [-0.15, -0.1) is 0 Å². The van der Waals surface area contributed by atoms with E-state index in [1.54, 1.807) is 6.07 Å². The van der Waals surface area contributed by atoms with Crippen molar-refractivity contribution in [2.45, 2.75) is 38.8 Å². The maximum atomic E-state index is 9.04. The molecule has 96 valence electrons. The second kappa shape index (κ2) is 6.60. The van der Waals surface area contributed by atoms with Crippen LogP contribution in [0, 0.1) is 0 Å². The van der Waals surface area contributed by atoms with Gasteiger partial charge in [-0.1, -0.05) is 30.1 Å². The Hall–Kier alpha value is -0.280. The van der Waals surface area contributed by atoms with Crippen LogP contribution in [0.25, 0.3) is 0 Å². The molecule has 0 aliphatic carbocycles. The molecule has 0 aliphatic heterocycles. The summed E-state index contributed by atoms with van der Waals surface area (Å²) in [6.45, 7) is 5.10. The van der Waals surface area contributed by atoms with Gasteiger partial charge in [0.05, 0.1) is 0 Å². The van der Waals surface area contributed by atoms with Crippen LogP contribution in [0.2, 0.25) is 10.0 Å². The summed E-state index contributed by atoms with van der Waals surface area (Å²) in [6, 6.07) is 5.52. The number of aliphatic hydroxyl groups is 1. The average Bonchev–Trinajstić information content (AvgIpc) is 2.26. The fraction of sp³-hybridized carbons (Fsp3) is 0.538. The van der Waals surface area contributed by atoms with Gasteiger partial charge in [-0.3, -0.25) is 0 Å². The normalized spacial score (nSPS) is 14.6. The van der Waals surface area contributed by atoms with Crippen LogP contribution in [0.15, 0.2) is 18.2 Å². The topological polar surface area (TPSA) is 32.3 Å². The van der Waals surface area contributed by atoms with Crippen molar-refractivity contribution in [1.82, 2.24) is 5.32 Å². The second-order valence-corrected chi connectivity index (χ2v) is 5.39. The number of hydrogen-bond donors (Lipinski definition) is 2. The van der Waals surface area contributed by atoms with Gasteiger partial charge in [0, 0.05) is 28.7 Å². The second-order valence-electron chi connectivity index (χ2n) is 4.52. The summed E-state index contributed by atoms with van der Waals surface area (Å²) in [5, 5.41) is 13.8. The molecule has 1 unspecified atom stereocenters. The van der Waals surface area contributed by atoms with Crippen LogP contribution in [0.4, 0.5) is 0 Å². The first kappa shape index (κ1) is 14.8. The first-order chi connectivity index (χ1) is 7.99. The van der Waals surface area contributed by atoms with Crippen LogP contribution in [0.3, 0.4) is 0 Å². The van der Waals surface area contributed by atoms with Gasteiger partial charge in [0.25, 0.3) is 0 Å². The zero-order valence-electron chi connectivity index (χ0n) is 10.3. The van der Waals surface area contributed by atoms with Gasteiger partial charge >= 0.3 is 0 Å². The Labute approximate surface area is 113 Å². The quantitative estimate of drug-likeness (QED) is 0.831. The zero-order valence-corrected chi connectivity index (χ0v) is 11.8. The predicted molar refractivity (Wildman–Crippen MR) is 73.7 cm³/mol. The van der Waals surface area contributed by atoms with Crippen LogP contribution >= 0.6 is 23.2 Å². The van der Waals surface area contributed by atoms with E-state index in [2.05, 4.69) is 19.2 Å². The number of nitrogens with one attached hydrogen (secondary N) is 1. The molecule has 0 aliphatic rings. The lowest BCUT2D eigenvalue weighted by molar-refractivity contribution is 0.214. The Morgan fingerprint density at radius 3 is 2.29 bits per heavy atom. The highest BCUT2D eigenvalue weighted by Crippen LogP contribution is 2.20. The van der Waals surface area contributed by atoms with Crippen LogP contribution in [0.5, 0.6) is 0 Å². The summed E-state index contributed by atoms with van der Waals surface area (Å²) in [5.74, 6) is 0. The molecular formula is C13H19Cl2NO. The molecule has 0 saturated heterocycles. The summed E-state index contributed by atoms with van der Waals surface area (Å²) in [5.41, 5.74) is 1.00. The van der Waals surface area contributed by atoms with Crippen LogP contribution in [-0.4, -0.2) is 17.3 Å². The molecule has 1 atom stereocenters. The first-order valence-electron chi connectivity index (χ1n) is 5.80. The minimum Gasteiger partial charge on any atom is -0.396 e. The molecule has 0 spiro atoms. The molecule has 0 bridgehead atoms. The molecule has 2 N–H and O–H groups in total. The third-order valence-corrected chi connectivity index (χ3v) is 3.52. The fourth-order valence-electron chi connectivity index (χ4n) is 1.67. The maximum absolute atomic E-state index is 9.04. The van der Waals surface area contributed by atoms with Crippen molar-refractivity contribution in [2.24, 2.45) is 0 Å². The Kier molecular flexibility index (Phi) is 5.74. The molecule has 2 nitrogen and oxygen atoms in total. The lowest BCUT2D eigenvalue weighted by Gasteiger charge is -2.29. The van der Waals surface area contributed by atoms with E-state index >= 15 is 0 Å². The van der Waals surface area contributed by atoms with Gasteiger partial charge in [-0.25, -0.2) is 0 Å². The van der Waals surface area contributed by atoms with Gasteiger partial charge in [0.15, 0.2) is 0 Å². The van der Waals surface area contributed by atoms with Crippen molar-refractivity contribution in [3.63, 3.8) is 0 Å². The Morgan fingerprint density at radius 2 is 1.82 bits per heavy atom. The largest absolute Gasteiger partial charge is 0.396 e. The monoisotopic (exact) mass is 275 g/mol. The maximum Gasteiger partial charge on any atom is 0.0448 e. The van der Waals surface area contributed by atoms with Gasteiger partial charge in [0.2, 0.25) is 0 Å². The minimum atomic E-state index is -0.0520. The van der Waals surface area contributed by atoms with Crippen LogP contribution < -0.4 is 5.32 Å². The molecule has 0 saturated carbocycles.